The third-order valence-corrected chi connectivity index (χ3v) is 3.58. The number of carbonyl (C=O) groups is 1. The first-order valence-corrected chi connectivity index (χ1v) is 6.47. The fraction of sp³-hybridized carbons (Fsp3) is 0.167. The summed E-state index contributed by atoms with van der Waals surface area (Å²) >= 11 is 7.25. The first-order chi connectivity index (χ1) is 8.56. The Morgan fingerprint density at radius 1 is 1.44 bits per heavy atom. The first-order valence-electron chi connectivity index (χ1n) is 5.21. The van der Waals surface area contributed by atoms with Crippen molar-refractivity contribution in [1.82, 2.24) is 4.98 Å². The molecule has 0 amide bonds. The van der Waals surface area contributed by atoms with E-state index in [4.69, 9.17) is 16.7 Å². The summed E-state index contributed by atoms with van der Waals surface area (Å²) in [4.78, 5) is 14.8. The lowest BCUT2D eigenvalue weighted by atomic mass is 10.2. The van der Waals surface area contributed by atoms with Gasteiger partial charge in [0.05, 0.1) is 17.1 Å². The van der Waals surface area contributed by atoms with Crippen molar-refractivity contribution >= 4 is 28.9 Å². The standard InChI is InChI=1S/C12H10ClNO3S/c13-9-5-7(1-3-10(9)15)12-14-8(6-18-12)2-4-11(16)17/h1,3,5-6,15H,2,4H2,(H,16,17). The van der Waals surface area contributed by atoms with Crippen LogP contribution in [0.1, 0.15) is 12.1 Å². The number of aliphatic carboxylic acids is 1. The van der Waals surface area contributed by atoms with Gasteiger partial charge in [-0.15, -0.1) is 11.3 Å². The van der Waals surface area contributed by atoms with Gasteiger partial charge in [-0.2, -0.15) is 0 Å². The van der Waals surface area contributed by atoms with Crippen molar-refractivity contribution in [3.8, 4) is 16.3 Å². The van der Waals surface area contributed by atoms with Crippen LogP contribution < -0.4 is 0 Å². The minimum absolute atomic E-state index is 0.0306. The normalized spacial score (nSPS) is 10.5. The van der Waals surface area contributed by atoms with E-state index in [1.165, 1.54) is 17.4 Å². The summed E-state index contributed by atoms with van der Waals surface area (Å²) in [7, 11) is 0. The molecule has 2 aromatic rings. The van der Waals surface area contributed by atoms with Crippen LogP contribution >= 0.6 is 22.9 Å². The topological polar surface area (TPSA) is 70.4 Å². The van der Waals surface area contributed by atoms with Gasteiger partial charge >= 0.3 is 5.97 Å². The zero-order chi connectivity index (χ0) is 13.1. The molecule has 4 nitrogen and oxygen atoms in total. The fourth-order valence-corrected chi connectivity index (χ4v) is 2.46. The minimum Gasteiger partial charge on any atom is -0.506 e. The molecule has 1 aromatic carbocycles. The second-order valence-electron chi connectivity index (χ2n) is 3.70. The number of phenolic OH excluding ortho intramolecular Hbond substituents is 1. The van der Waals surface area contributed by atoms with Crippen molar-refractivity contribution in [2.45, 2.75) is 12.8 Å². The summed E-state index contributed by atoms with van der Waals surface area (Å²) in [5.41, 5.74) is 1.56. The molecule has 94 valence electrons. The number of benzene rings is 1. The van der Waals surface area contributed by atoms with Gasteiger partial charge < -0.3 is 10.2 Å². The quantitative estimate of drug-likeness (QED) is 0.904. The lowest BCUT2D eigenvalue weighted by Crippen LogP contribution is -1.97. The maximum atomic E-state index is 10.5. The largest absolute Gasteiger partial charge is 0.506 e. The molecule has 0 aliphatic rings. The number of aryl methyl sites for hydroxylation is 1. The molecule has 0 aliphatic carbocycles. The average Bonchev–Trinajstić information content (AvgIpc) is 2.79. The van der Waals surface area contributed by atoms with Crippen LogP contribution in [0.3, 0.4) is 0 Å². The van der Waals surface area contributed by atoms with Crippen LogP contribution in [0.5, 0.6) is 5.75 Å². The fourth-order valence-electron chi connectivity index (χ4n) is 1.43. The summed E-state index contributed by atoms with van der Waals surface area (Å²) in [6.45, 7) is 0. The molecule has 1 heterocycles. The maximum Gasteiger partial charge on any atom is 0.303 e. The van der Waals surface area contributed by atoms with Crippen molar-refractivity contribution in [2.24, 2.45) is 0 Å². The molecule has 18 heavy (non-hydrogen) atoms. The van der Waals surface area contributed by atoms with E-state index in [1.54, 1.807) is 12.1 Å². The Bertz CT molecular complexity index is 582. The molecule has 0 saturated carbocycles. The van der Waals surface area contributed by atoms with Crippen molar-refractivity contribution in [1.29, 1.82) is 0 Å². The SMILES string of the molecule is O=C(O)CCc1csc(-c2ccc(O)c(Cl)c2)n1. The van der Waals surface area contributed by atoms with E-state index in [9.17, 15) is 9.90 Å². The summed E-state index contributed by atoms with van der Waals surface area (Å²) in [6.07, 6.45) is 0.483. The number of phenols is 1. The number of halogens is 1. The lowest BCUT2D eigenvalue weighted by molar-refractivity contribution is -0.136. The molecule has 6 heteroatoms. The highest BCUT2D eigenvalue weighted by molar-refractivity contribution is 7.13. The minimum atomic E-state index is -0.836. The lowest BCUT2D eigenvalue weighted by Gasteiger charge is -1.99. The summed E-state index contributed by atoms with van der Waals surface area (Å²) in [5, 5.41) is 20.8. The van der Waals surface area contributed by atoms with Crippen LogP contribution in [0, 0.1) is 0 Å². The van der Waals surface area contributed by atoms with Crippen LogP contribution in [0.15, 0.2) is 23.6 Å². The van der Waals surface area contributed by atoms with Crippen molar-refractivity contribution in [3.05, 3.63) is 34.3 Å². The average molecular weight is 284 g/mol. The third-order valence-electron chi connectivity index (χ3n) is 2.34. The van der Waals surface area contributed by atoms with Crippen molar-refractivity contribution < 1.29 is 15.0 Å². The molecule has 0 saturated heterocycles. The smallest absolute Gasteiger partial charge is 0.303 e. The van der Waals surface area contributed by atoms with Gasteiger partial charge in [0.15, 0.2) is 0 Å². The number of carboxylic acid groups (broad SMARTS) is 1. The Labute approximate surface area is 112 Å². The molecule has 0 atom stereocenters. The Balaban J connectivity index is 2.18. The van der Waals surface area contributed by atoms with Crippen molar-refractivity contribution in [3.63, 3.8) is 0 Å². The molecular weight excluding hydrogens is 274 g/mol. The van der Waals surface area contributed by atoms with Crippen LogP contribution in [0.4, 0.5) is 0 Å². The summed E-state index contributed by atoms with van der Waals surface area (Å²) in [6, 6.07) is 4.87. The molecule has 1 aromatic heterocycles. The highest BCUT2D eigenvalue weighted by Crippen LogP contribution is 2.31. The Kier molecular flexibility index (Phi) is 3.84. The zero-order valence-electron chi connectivity index (χ0n) is 9.26. The highest BCUT2D eigenvalue weighted by atomic mass is 35.5. The van der Waals surface area contributed by atoms with Gasteiger partial charge in [0.2, 0.25) is 0 Å². The van der Waals surface area contributed by atoms with Gasteiger partial charge in [0.1, 0.15) is 10.8 Å². The van der Waals surface area contributed by atoms with E-state index < -0.39 is 5.97 Å². The molecule has 0 spiro atoms. The monoisotopic (exact) mass is 283 g/mol. The molecule has 0 fully saturated rings. The van der Waals surface area contributed by atoms with E-state index >= 15 is 0 Å². The molecular formula is C12H10ClNO3S. The van der Waals surface area contributed by atoms with Crippen molar-refractivity contribution in [2.75, 3.05) is 0 Å². The molecule has 2 N–H and O–H groups in total. The zero-order valence-corrected chi connectivity index (χ0v) is 10.8. The molecule has 0 aliphatic heterocycles. The number of thiazole rings is 1. The maximum absolute atomic E-state index is 10.5. The van der Waals surface area contributed by atoms with E-state index in [2.05, 4.69) is 4.98 Å². The molecule has 0 unspecified atom stereocenters. The van der Waals surface area contributed by atoms with Crippen LogP contribution in [-0.4, -0.2) is 21.2 Å². The number of rotatable bonds is 4. The van der Waals surface area contributed by atoms with Crippen LogP contribution in [-0.2, 0) is 11.2 Å². The number of aromatic hydroxyl groups is 1. The van der Waals surface area contributed by atoms with Gasteiger partial charge in [0, 0.05) is 17.4 Å². The molecule has 2 rings (SSSR count). The van der Waals surface area contributed by atoms with E-state index in [0.29, 0.717) is 6.42 Å². The number of hydrogen-bond acceptors (Lipinski definition) is 4. The Hall–Kier alpha value is -1.59. The number of hydrogen-bond donors (Lipinski definition) is 2. The van der Waals surface area contributed by atoms with E-state index in [1.807, 2.05) is 5.38 Å². The van der Waals surface area contributed by atoms with E-state index in [0.717, 1.165) is 16.3 Å². The summed E-state index contributed by atoms with van der Waals surface area (Å²) < 4.78 is 0. The molecule has 0 bridgehead atoms. The number of aromatic nitrogens is 1. The van der Waals surface area contributed by atoms with Gasteiger partial charge in [-0.05, 0) is 18.2 Å². The van der Waals surface area contributed by atoms with Gasteiger partial charge in [-0.1, -0.05) is 11.6 Å². The molecule has 0 radical (unpaired) electrons. The van der Waals surface area contributed by atoms with Crippen LogP contribution in [0.25, 0.3) is 10.6 Å². The second kappa shape index (κ2) is 5.37. The third kappa shape index (κ3) is 3.00. The summed E-state index contributed by atoms with van der Waals surface area (Å²) in [5.74, 6) is -0.805. The van der Waals surface area contributed by atoms with Gasteiger partial charge in [0.25, 0.3) is 0 Å². The predicted octanol–water partition coefficient (Wildman–Crippen LogP) is 3.19. The van der Waals surface area contributed by atoms with Gasteiger partial charge in [-0.3, -0.25) is 4.79 Å². The van der Waals surface area contributed by atoms with E-state index in [-0.39, 0.29) is 17.2 Å². The van der Waals surface area contributed by atoms with Crippen LogP contribution in [0.2, 0.25) is 5.02 Å². The first kappa shape index (κ1) is 12.9. The Morgan fingerprint density at radius 3 is 2.89 bits per heavy atom. The predicted molar refractivity (Wildman–Crippen MR) is 70.2 cm³/mol. The van der Waals surface area contributed by atoms with Gasteiger partial charge in [-0.25, -0.2) is 4.98 Å². The highest BCUT2D eigenvalue weighted by Gasteiger charge is 2.08. The Morgan fingerprint density at radius 2 is 2.22 bits per heavy atom. The number of carboxylic acids is 1. The second-order valence-corrected chi connectivity index (χ2v) is 4.97. The number of nitrogens with zero attached hydrogens (tertiary/aromatic N) is 1.